The molecule has 108 valence electrons. The van der Waals surface area contributed by atoms with E-state index in [0.29, 0.717) is 6.04 Å². The lowest BCUT2D eigenvalue weighted by molar-refractivity contribution is 0.163. The molecule has 20 heavy (non-hydrogen) atoms. The SMILES string of the molecule is CCN(Cc1sc2ccccc2c1Cl)C1CCNCC1. The van der Waals surface area contributed by atoms with E-state index >= 15 is 0 Å². The van der Waals surface area contributed by atoms with E-state index in [2.05, 4.69) is 41.4 Å². The van der Waals surface area contributed by atoms with E-state index in [-0.39, 0.29) is 0 Å². The normalized spacial score (nSPS) is 17.1. The average Bonchev–Trinajstić information content (AvgIpc) is 2.82. The molecule has 0 unspecified atom stereocenters. The zero-order valence-corrected chi connectivity index (χ0v) is 13.4. The van der Waals surface area contributed by atoms with Crippen molar-refractivity contribution in [2.45, 2.75) is 32.4 Å². The van der Waals surface area contributed by atoms with E-state index in [1.54, 1.807) is 0 Å². The van der Waals surface area contributed by atoms with Crippen LogP contribution in [0.3, 0.4) is 0 Å². The number of rotatable bonds is 4. The van der Waals surface area contributed by atoms with E-state index in [1.807, 2.05) is 11.3 Å². The summed E-state index contributed by atoms with van der Waals surface area (Å²) in [5.74, 6) is 0. The van der Waals surface area contributed by atoms with Crippen molar-refractivity contribution >= 4 is 33.0 Å². The molecule has 2 aromatic rings. The topological polar surface area (TPSA) is 15.3 Å². The molecule has 0 atom stereocenters. The molecule has 1 fully saturated rings. The summed E-state index contributed by atoms with van der Waals surface area (Å²) in [4.78, 5) is 3.89. The van der Waals surface area contributed by atoms with Crippen molar-refractivity contribution in [3.63, 3.8) is 0 Å². The molecule has 0 saturated carbocycles. The van der Waals surface area contributed by atoms with Gasteiger partial charge in [-0.2, -0.15) is 0 Å². The highest BCUT2D eigenvalue weighted by molar-refractivity contribution is 7.19. The van der Waals surface area contributed by atoms with Crippen LogP contribution in [0.25, 0.3) is 10.1 Å². The third-order valence-electron chi connectivity index (χ3n) is 4.18. The quantitative estimate of drug-likeness (QED) is 0.913. The molecule has 4 heteroatoms. The monoisotopic (exact) mass is 308 g/mol. The Morgan fingerprint density at radius 1 is 1.30 bits per heavy atom. The number of thiophene rings is 1. The van der Waals surface area contributed by atoms with E-state index in [1.165, 1.54) is 27.8 Å². The summed E-state index contributed by atoms with van der Waals surface area (Å²) in [6.07, 6.45) is 2.49. The van der Waals surface area contributed by atoms with Gasteiger partial charge in [-0.25, -0.2) is 0 Å². The molecule has 0 bridgehead atoms. The third-order valence-corrected chi connectivity index (χ3v) is 5.88. The van der Waals surface area contributed by atoms with Crippen LogP contribution in [0.2, 0.25) is 5.02 Å². The van der Waals surface area contributed by atoms with Crippen molar-refractivity contribution in [1.29, 1.82) is 0 Å². The minimum Gasteiger partial charge on any atom is -0.317 e. The average molecular weight is 309 g/mol. The molecule has 1 aromatic carbocycles. The van der Waals surface area contributed by atoms with E-state index < -0.39 is 0 Å². The van der Waals surface area contributed by atoms with Crippen LogP contribution in [-0.4, -0.2) is 30.6 Å². The van der Waals surface area contributed by atoms with Gasteiger partial charge in [0.2, 0.25) is 0 Å². The van der Waals surface area contributed by atoms with Crippen LogP contribution in [0.4, 0.5) is 0 Å². The summed E-state index contributed by atoms with van der Waals surface area (Å²) >= 11 is 8.41. The summed E-state index contributed by atoms with van der Waals surface area (Å²) in [7, 11) is 0. The van der Waals surface area contributed by atoms with E-state index in [9.17, 15) is 0 Å². The molecule has 0 amide bonds. The molecule has 1 aliphatic rings. The van der Waals surface area contributed by atoms with Gasteiger partial charge < -0.3 is 5.32 Å². The van der Waals surface area contributed by atoms with Crippen LogP contribution in [0.15, 0.2) is 24.3 Å². The molecule has 2 nitrogen and oxygen atoms in total. The molecule has 1 aliphatic heterocycles. The molecule has 1 N–H and O–H groups in total. The molecular formula is C16H21ClN2S. The van der Waals surface area contributed by atoms with Gasteiger partial charge in [-0.15, -0.1) is 11.3 Å². The Morgan fingerprint density at radius 3 is 2.75 bits per heavy atom. The molecule has 3 rings (SSSR count). The van der Waals surface area contributed by atoms with Crippen LogP contribution < -0.4 is 5.32 Å². The number of piperidine rings is 1. The van der Waals surface area contributed by atoms with Crippen molar-refractivity contribution in [3.8, 4) is 0 Å². The van der Waals surface area contributed by atoms with E-state index in [4.69, 9.17) is 11.6 Å². The summed E-state index contributed by atoms with van der Waals surface area (Å²) in [6, 6.07) is 9.13. The Hall–Kier alpha value is -0.610. The maximum atomic E-state index is 6.57. The maximum absolute atomic E-state index is 6.57. The Labute approximate surface area is 129 Å². The van der Waals surface area contributed by atoms with Gasteiger partial charge in [0.15, 0.2) is 0 Å². The van der Waals surface area contributed by atoms with Gasteiger partial charge in [0, 0.05) is 27.5 Å². The lowest BCUT2D eigenvalue weighted by Gasteiger charge is -2.33. The van der Waals surface area contributed by atoms with Gasteiger partial charge in [0.25, 0.3) is 0 Å². The van der Waals surface area contributed by atoms with Crippen molar-refractivity contribution in [1.82, 2.24) is 10.2 Å². The fourth-order valence-electron chi connectivity index (χ4n) is 3.02. The predicted molar refractivity (Wildman–Crippen MR) is 88.8 cm³/mol. The molecule has 0 aliphatic carbocycles. The first-order valence-corrected chi connectivity index (χ1v) is 8.59. The van der Waals surface area contributed by atoms with Crippen LogP contribution in [0.1, 0.15) is 24.6 Å². The number of nitrogens with zero attached hydrogens (tertiary/aromatic N) is 1. The van der Waals surface area contributed by atoms with Gasteiger partial charge in [-0.05, 0) is 38.5 Å². The second-order valence-electron chi connectivity index (χ2n) is 5.38. The number of benzene rings is 1. The highest BCUT2D eigenvalue weighted by Gasteiger charge is 2.21. The summed E-state index contributed by atoms with van der Waals surface area (Å²) in [6.45, 7) is 6.61. The molecular weight excluding hydrogens is 288 g/mol. The lowest BCUT2D eigenvalue weighted by Crippen LogP contribution is -2.42. The zero-order valence-electron chi connectivity index (χ0n) is 11.9. The number of hydrogen-bond acceptors (Lipinski definition) is 3. The van der Waals surface area contributed by atoms with Gasteiger partial charge in [0.05, 0.1) is 5.02 Å². The largest absolute Gasteiger partial charge is 0.317 e. The summed E-state index contributed by atoms with van der Waals surface area (Å²) in [5.41, 5.74) is 0. The number of nitrogens with one attached hydrogen (secondary N) is 1. The van der Waals surface area contributed by atoms with Crippen LogP contribution in [-0.2, 0) is 6.54 Å². The summed E-state index contributed by atoms with van der Waals surface area (Å²) < 4.78 is 1.30. The van der Waals surface area contributed by atoms with Crippen LogP contribution in [0, 0.1) is 0 Å². The Kier molecular flexibility index (Phi) is 4.61. The Morgan fingerprint density at radius 2 is 2.05 bits per heavy atom. The fourth-order valence-corrected chi connectivity index (χ4v) is 4.54. The van der Waals surface area contributed by atoms with Crippen LogP contribution >= 0.6 is 22.9 Å². The summed E-state index contributed by atoms with van der Waals surface area (Å²) in [5, 5.41) is 5.60. The second-order valence-corrected chi connectivity index (χ2v) is 6.89. The fraction of sp³-hybridized carbons (Fsp3) is 0.500. The number of fused-ring (bicyclic) bond motifs is 1. The number of hydrogen-bond donors (Lipinski definition) is 1. The highest BCUT2D eigenvalue weighted by atomic mass is 35.5. The van der Waals surface area contributed by atoms with E-state index in [0.717, 1.165) is 31.2 Å². The molecule has 0 spiro atoms. The highest BCUT2D eigenvalue weighted by Crippen LogP contribution is 2.36. The first-order chi connectivity index (χ1) is 9.79. The van der Waals surface area contributed by atoms with Crippen molar-refractivity contribution in [2.75, 3.05) is 19.6 Å². The van der Waals surface area contributed by atoms with Crippen molar-refractivity contribution in [3.05, 3.63) is 34.2 Å². The first kappa shape index (κ1) is 14.3. The molecule has 1 saturated heterocycles. The second kappa shape index (κ2) is 6.44. The zero-order chi connectivity index (χ0) is 13.9. The van der Waals surface area contributed by atoms with Gasteiger partial charge in [-0.3, -0.25) is 4.90 Å². The Balaban J connectivity index is 1.81. The minimum absolute atomic E-state index is 0.697. The van der Waals surface area contributed by atoms with Gasteiger partial charge in [-0.1, -0.05) is 36.7 Å². The predicted octanol–water partition coefficient (Wildman–Crippen LogP) is 4.13. The van der Waals surface area contributed by atoms with Crippen molar-refractivity contribution in [2.24, 2.45) is 0 Å². The number of halogens is 1. The van der Waals surface area contributed by atoms with Crippen LogP contribution in [0.5, 0.6) is 0 Å². The minimum atomic E-state index is 0.697. The van der Waals surface area contributed by atoms with Gasteiger partial charge in [0.1, 0.15) is 0 Å². The molecule has 0 radical (unpaired) electrons. The smallest absolute Gasteiger partial charge is 0.0637 e. The molecule has 2 heterocycles. The molecule has 1 aromatic heterocycles. The maximum Gasteiger partial charge on any atom is 0.0637 e. The Bertz CT molecular complexity index is 575. The lowest BCUT2D eigenvalue weighted by atomic mass is 10.0. The third kappa shape index (κ3) is 2.86. The van der Waals surface area contributed by atoms with Gasteiger partial charge >= 0.3 is 0 Å². The first-order valence-electron chi connectivity index (χ1n) is 7.40. The van der Waals surface area contributed by atoms with Crippen molar-refractivity contribution < 1.29 is 0 Å². The standard InChI is InChI=1S/C16H21ClN2S/c1-2-19(12-7-9-18-10-8-12)11-15-16(17)13-5-3-4-6-14(13)20-15/h3-6,12,18H,2,7-11H2,1H3.